The van der Waals surface area contributed by atoms with E-state index in [1.165, 1.54) is 0 Å². The first kappa shape index (κ1) is 29.0. The standard InChI is InChI=1S/C32H31Cl2NO6/c1-3-6-18-13-20(14-27(40-2)32(18)41-17-19-11-12-21(33)15-22(19)34)29-30-23(7-4-9-25(30)36)35(16-28(38)39)24-8-5-10-26(37)31(24)29/h3,11-15,29H,1,4-10,16-17H2,2H3,(H,38,39). The lowest BCUT2D eigenvalue weighted by atomic mass is 9.70. The normalized spacial score (nSPS) is 17.4. The predicted octanol–water partition coefficient (Wildman–Crippen LogP) is 6.81. The number of methoxy groups -OCH3 is 1. The second kappa shape index (κ2) is 12.1. The van der Waals surface area contributed by atoms with Gasteiger partial charge >= 0.3 is 5.97 Å². The molecule has 2 aliphatic carbocycles. The van der Waals surface area contributed by atoms with Crippen LogP contribution in [0.2, 0.25) is 10.0 Å². The number of rotatable bonds is 9. The molecule has 3 aliphatic rings. The summed E-state index contributed by atoms with van der Waals surface area (Å²) in [6.45, 7) is 3.80. The fourth-order valence-electron chi connectivity index (χ4n) is 6.14. The Balaban J connectivity index is 1.65. The number of carbonyl (C=O) groups excluding carboxylic acids is 2. The van der Waals surface area contributed by atoms with Crippen LogP contribution in [-0.2, 0) is 27.4 Å². The highest BCUT2D eigenvalue weighted by Gasteiger charge is 2.44. The predicted molar refractivity (Wildman–Crippen MR) is 157 cm³/mol. The summed E-state index contributed by atoms with van der Waals surface area (Å²) in [6, 6.07) is 8.96. The Labute approximate surface area is 249 Å². The Morgan fingerprint density at radius 2 is 1.68 bits per heavy atom. The molecule has 7 nitrogen and oxygen atoms in total. The van der Waals surface area contributed by atoms with Crippen LogP contribution in [0.3, 0.4) is 0 Å². The van der Waals surface area contributed by atoms with Crippen LogP contribution in [0.4, 0.5) is 0 Å². The lowest BCUT2D eigenvalue weighted by molar-refractivity contribution is -0.138. The van der Waals surface area contributed by atoms with Crippen molar-refractivity contribution in [1.29, 1.82) is 0 Å². The second-order valence-corrected chi connectivity index (χ2v) is 11.3. The van der Waals surface area contributed by atoms with Gasteiger partial charge < -0.3 is 19.5 Å². The van der Waals surface area contributed by atoms with Gasteiger partial charge in [-0.25, -0.2) is 0 Å². The van der Waals surface area contributed by atoms with E-state index in [0.29, 0.717) is 89.0 Å². The molecule has 0 radical (unpaired) electrons. The van der Waals surface area contributed by atoms with E-state index >= 15 is 0 Å². The summed E-state index contributed by atoms with van der Waals surface area (Å²) in [4.78, 5) is 40.6. The van der Waals surface area contributed by atoms with Gasteiger partial charge in [-0.05, 0) is 55.9 Å². The van der Waals surface area contributed by atoms with Crippen molar-refractivity contribution >= 4 is 40.7 Å². The first-order valence-corrected chi connectivity index (χ1v) is 14.4. The molecule has 1 heterocycles. The summed E-state index contributed by atoms with van der Waals surface area (Å²) < 4.78 is 12.0. The van der Waals surface area contributed by atoms with Crippen molar-refractivity contribution in [1.82, 2.24) is 4.90 Å². The maximum absolute atomic E-state index is 13.5. The van der Waals surface area contributed by atoms with Crippen molar-refractivity contribution in [3.63, 3.8) is 0 Å². The number of carbonyl (C=O) groups is 3. The molecule has 0 unspecified atom stereocenters. The van der Waals surface area contributed by atoms with Gasteiger partial charge in [-0.1, -0.05) is 41.4 Å². The average molecular weight is 597 g/mol. The van der Waals surface area contributed by atoms with Crippen molar-refractivity contribution in [2.24, 2.45) is 0 Å². The largest absolute Gasteiger partial charge is 0.493 e. The van der Waals surface area contributed by atoms with Crippen LogP contribution >= 0.6 is 23.2 Å². The highest BCUT2D eigenvalue weighted by molar-refractivity contribution is 6.35. The molecule has 1 aliphatic heterocycles. The second-order valence-electron chi connectivity index (χ2n) is 10.4. The Kier molecular flexibility index (Phi) is 8.57. The minimum atomic E-state index is -1.00. The zero-order valence-electron chi connectivity index (χ0n) is 22.8. The summed E-state index contributed by atoms with van der Waals surface area (Å²) in [5.41, 5.74) is 4.72. The molecule has 0 fully saturated rings. The van der Waals surface area contributed by atoms with Gasteiger partial charge in [0.1, 0.15) is 13.2 Å². The number of halogens is 2. The fourth-order valence-corrected chi connectivity index (χ4v) is 6.60. The zero-order chi connectivity index (χ0) is 29.3. The van der Waals surface area contributed by atoms with E-state index < -0.39 is 11.9 Å². The Hall–Kier alpha value is -3.55. The van der Waals surface area contributed by atoms with E-state index in [2.05, 4.69) is 6.58 Å². The van der Waals surface area contributed by atoms with E-state index in [0.717, 1.165) is 16.7 Å². The van der Waals surface area contributed by atoms with E-state index in [1.54, 1.807) is 36.3 Å². The molecule has 0 spiro atoms. The van der Waals surface area contributed by atoms with E-state index in [4.69, 9.17) is 32.7 Å². The maximum atomic E-state index is 13.5. The average Bonchev–Trinajstić information content (AvgIpc) is 2.93. The number of carboxylic acids is 1. The Morgan fingerprint density at radius 1 is 1.02 bits per heavy atom. The van der Waals surface area contributed by atoms with Gasteiger partial charge in [-0.15, -0.1) is 6.58 Å². The monoisotopic (exact) mass is 595 g/mol. The summed E-state index contributed by atoms with van der Waals surface area (Å²) in [5.74, 6) is -0.762. The van der Waals surface area contributed by atoms with Crippen LogP contribution in [0.5, 0.6) is 11.5 Å². The Bertz CT molecular complexity index is 1460. The highest BCUT2D eigenvalue weighted by Crippen LogP contribution is 2.50. The first-order chi connectivity index (χ1) is 19.7. The molecule has 0 saturated carbocycles. The van der Waals surface area contributed by atoms with E-state index in [-0.39, 0.29) is 24.7 Å². The maximum Gasteiger partial charge on any atom is 0.323 e. The van der Waals surface area contributed by atoms with E-state index in [1.807, 2.05) is 12.1 Å². The zero-order valence-corrected chi connectivity index (χ0v) is 24.3. The van der Waals surface area contributed by atoms with E-state index in [9.17, 15) is 19.5 Å². The summed E-state index contributed by atoms with van der Waals surface area (Å²) >= 11 is 12.4. The van der Waals surface area contributed by atoms with Crippen LogP contribution in [0.1, 0.15) is 61.1 Å². The number of carboxylic acid groups (broad SMARTS) is 1. The van der Waals surface area contributed by atoms with Crippen LogP contribution in [0, 0.1) is 0 Å². The topological polar surface area (TPSA) is 93.1 Å². The van der Waals surface area contributed by atoms with Gasteiger partial charge in [-0.3, -0.25) is 14.4 Å². The van der Waals surface area contributed by atoms with Crippen LogP contribution < -0.4 is 9.47 Å². The lowest BCUT2D eigenvalue weighted by Gasteiger charge is -2.43. The number of hydrogen-bond acceptors (Lipinski definition) is 6. The smallest absolute Gasteiger partial charge is 0.323 e. The number of benzene rings is 2. The molecule has 41 heavy (non-hydrogen) atoms. The molecule has 214 valence electrons. The number of Topliss-reactive ketones (excluding diaryl/α,β-unsaturated/α-hetero) is 2. The van der Waals surface area contributed by atoms with Gasteiger partial charge in [0.25, 0.3) is 0 Å². The van der Waals surface area contributed by atoms with Gasteiger partial charge in [0.2, 0.25) is 0 Å². The third-order valence-electron chi connectivity index (χ3n) is 7.84. The number of nitrogens with zero attached hydrogens (tertiary/aromatic N) is 1. The van der Waals surface area contributed by atoms with Crippen molar-refractivity contribution in [3.05, 3.63) is 92.3 Å². The van der Waals surface area contributed by atoms with Crippen LogP contribution in [-0.4, -0.2) is 41.2 Å². The molecule has 2 aromatic carbocycles. The highest BCUT2D eigenvalue weighted by atomic mass is 35.5. The fraction of sp³-hybridized carbons (Fsp3) is 0.344. The van der Waals surface area contributed by atoms with Gasteiger partial charge in [0.05, 0.1) is 7.11 Å². The summed E-state index contributed by atoms with van der Waals surface area (Å²) in [6.07, 6.45) is 5.35. The molecule has 0 atom stereocenters. The van der Waals surface area contributed by atoms with Gasteiger partial charge in [0, 0.05) is 62.5 Å². The third-order valence-corrected chi connectivity index (χ3v) is 8.43. The summed E-state index contributed by atoms with van der Waals surface area (Å²) in [7, 11) is 1.54. The number of hydrogen-bond donors (Lipinski definition) is 1. The van der Waals surface area contributed by atoms with Crippen molar-refractivity contribution < 1.29 is 29.0 Å². The first-order valence-electron chi connectivity index (χ1n) is 13.6. The van der Waals surface area contributed by atoms with Crippen LogP contribution in [0.15, 0.2) is 65.5 Å². The minimum Gasteiger partial charge on any atom is -0.493 e. The molecule has 0 amide bonds. The van der Waals surface area contributed by atoms with Crippen molar-refractivity contribution in [2.45, 2.75) is 57.5 Å². The van der Waals surface area contributed by atoms with Crippen molar-refractivity contribution in [2.75, 3.05) is 13.7 Å². The molecule has 1 N–H and O–H groups in total. The number of aliphatic carboxylic acids is 1. The third kappa shape index (κ3) is 5.66. The molecular formula is C32H31Cl2NO6. The van der Waals surface area contributed by atoms with Crippen molar-refractivity contribution in [3.8, 4) is 11.5 Å². The summed E-state index contributed by atoms with van der Waals surface area (Å²) in [5, 5.41) is 10.7. The number of allylic oxidation sites excluding steroid dienone is 5. The Morgan fingerprint density at radius 3 is 2.24 bits per heavy atom. The molecular weight excluding hydrogens is 565 g/mol. The SMILES string of the molecule is C=CCc1cc(C2C3=C(CCCC3=O)N(CC(=O)O)C3=C2C(=O)CCC3)cc(OC)c1OCc1ccc(Cl)cc1Cl. The van der Waals surface area contributed by atoms with Crippen LogP contribution in [0.25, 0.3) is 0 Å². The number of ketones is 2. The minimum absolute atomic E-state index is 0.0569. The lowest BCUT2D eigenvalue weighted by Crippen LogP contribution is -2.41. The molecule has 2 aromatic rings. The quantitative estimate of drug-likeness (QED) is 0.318. The van der Waals surface area contributed by atoms with Gasteiger partial charge in [0.15, 0.2) is 23.1 Å². The van der Waals surface area contributed by atoms with Gasteiger partial charge in [-0.2, -0.15) is 0 Å². The number of ether oxygens (including phenoxy) is 2. The molecule has 0 aromatic heterocycles. The molecule has 9 heteroatoms. The molecule has 5 rings (SSSR count). The molecule has 0 saturated heterocycles. The molecule has 0 bridgehead atoms.